The summed E-state index contributed by atoms with van der Waals surface area (Å²) < 4.78 is 0. The second-order valence-corrected chi connectivity index (χ2v) is 2.61. The Labute approximate surface area is 77.6 Å². The van der Waals surface area contributed by atoms with Crippen molar-refractivity contribution in [3.05, 3.63) is 23.8 Å². The molecule has 0 unspecified atom stereocenters. The quantitative estimate of drug-likeness (QED) is 0.678. The van der Waals surface area contributed by atoms with Crippen LogP contribution in [0.3, 0.4) is 0 Å². The number of nitrogens with one attached hydrogen (secondary N) is 1. The van der Waals surface area contributed by atoms with Crippen LogP contribution >= 0.6 is 0 Å². The lowest BCUT2D eigenvalue weighted by molar-refractivity contribution is 0.705. The number of likely N-dealkylation sites (N-methyl/N-ethyl adjacent to an activating group) is 1. The summed E-state index contributed by atoms with van der Waals surface area (Å²) in [6.45, 7) is 3.88. The summed E-state index contributed by atoms with van der Waals surface area (Å²) in [4.78, 5) is 8.02. The fourth-order valence-corrected chi connectivity index (χ4v) is 0.974. The summed E-state index contributed by atoms with van der Waals surface area (Å²) in [6.07, 6.45) is 3.98. The zero-order valence-corrected chi connectivity index (χ0v) is 7.62. The first-order valence-electron chi connectivity index (χ1n) is 4.28. The van der Waals surface area contributed by atoms with Gasteiger partial charge in [0.1, 0.15) is 6.07 Å². The molecule has 1 N–H and O–H groups in total. The van der Waals surface area contributed by atoms with Gasteiger partial charge in [-0.25, -0.2) is 4.98 Å². The van der Waals surface area contributed by atoms with Gasteiger partial charge in [-0.3, -0.25) is 4.98 Å². The second-order valence-electron chi connectivity index (χ2n) is 2.61. The molecule has 68 valence electrons. The van der Waals surface area contributed by atoms with Crippen LogP contribution in [0.1, 0.15) is 18.3 Å². The van der Waals surface area contributed by atoms with E-state index >= 15 is 0 Å². The smallest absolute Gasteiger partial charge is 0.159 e. The lowest BCUT2D eigenvalue weighted by Gasteiger charge is -2.00. The lowest BCUT2D eigenvalue weighted by Crippen LogP contribution is -2.16. The number of nitriles is 1. The Kier molecular flexibility index (Phi) is 3.86. The van der Waals surface area contributed by atoms with Crippen molar-refractivity contribution in [1.82, 2.24) is 15.3 Å². The SMILES string of the molecule is CCNCCc1cncc(C#N)n1. The van der Waals surface area contributed by atoms with E-state index in [0.29, 0.717) is 5.69 Å². The standard InChI is InChI=1S/C9H12N4/c1-2-11-4-3-8-6-12-7-9(5-10)13-8/h6-7,11H,2-4H2,1H3. The molecule has 0 amide bonds. The van der Waals surface area contributed by atoms with Gasteiger partial charge >= 0.3 is 0 Å². The fraction of sp³-hybridized carbons (Fsp3) is 0.444. The van der Waals surface area contributed by atoms with Crippen LogP contribution in [0.2, 0.25) is 0 Å². The van der Waals surface area contributed by atoms with E-state index < -0.39 is 0 Å². The molecular weight excluding hydrogens is 164 g/mol. The highest BCUT2D eigenvalue weighted by molar-refractivity contribution is 5.17. The first-order chi connectivity index (χ1) is 6.36. The van der Waals surface area contributed by atoms with Gasteiger partial charge in [-0.2, -0.15) is 5.26 Å². The summed E-state index contributed by atoms with van der Waals surface area (Å²) in [5.74, 6) is 0. The highest BCUT2D eigenvalue weighted by Gasteiger charge is 1.96. The summed E-state index contributed by atoms with van der Waals surface area (Å²) in [7, 11) is 0. The molecule has 0 radical (unpaired) electrons. The molecule has 1 heterocycles. The third kappa shape index (κ3) is 3.18. The summed E-state index contributed by atoms with van der Waals surface area (Å²) >= 11 is 0. The van der Waals surface area contributed by atoms with Gasteiger partial charge < -0.3 is 5.32 Å². The Morgan fingerprint density at radius 1 is 1.54 bits per heavy atom. The number of aromatic nitrogens is 2. The highest BCUT2D eigenvalue weighted by atomic mass is 14.9. The van der Waals surface area contributed by atoms with Crippen LogP contribution < -0.4 is 5.32 Å². The average molecular weight is 176 g/mol. The van der Waals surface area contributed by atoms with Crippen molar-refractivity contribution in [2.75, 3.05) is 13.1 Å². The summed E-state index contributed by atoms with van der Waals surface area (Å²) in [5, 5.41) is 11.7. The van der Waals surface area contributed by atoms with Crippen LogP contribution in [0.4, 0.5) is 0 Å². The van der Waals surface area contributed by atoms with Crippen LogP contribution in [0.5, 0.6) is 0 Å². The Bertz CT molecular complexity index is 303. The molecule has 0 aromatic carbocycles. The molecule has 4 heteroatoms. The molecule has 0 aliphatic rings. The van der Waals surface area contributed by atoms with Crippen molar-refractivity contribution < 1.29 is 0 Å². The Balaban J connectivity index is 2.52. The van der Waals surface area contributed by atoms with E-state index in [1.54, 1.807) is 6.20 Å². The normalized spacial score (nSPS) is 9.54. The third-order valence-corrected chi connectivity index (χ3v) is 1.61. The van der Waals surface area contributed by atoms with Gasteiger partial charge in [-0.15, -0.1) is 0 Å². The molecule has 1 aromatic heterocycles. The van der Waals surface area contributed by atoms with Crippen molar-refractivity contribution in [2.24, 2.45) is 0 Å². The van der Waals surface area contributed by atoms with Crippen molar-refractivity contribution in [2.45, 2.75) is 13.3 Å². The molecule has 1 rings (SSSR count). The van der Waals surface area contributed by atoms with E-state index in [2.05, 4.69) is 22.2 Å². The van der Waals surface area contributed by atoms with Gasteiger partial charge in [0.15, 0.2) is 5.69 Å². The monoisotopic (exact) mass is 176 g/mol. The molecule has 0 atom stereocenters. The average Bonchev–Trinajstić information content (AvgIpc) is 2.19. The van der Waals surface area contributed by atoms with Crippen molar-refractivity contribution in [1.29, 1.82) is 5.26 Å². The van der Waals surface area contributed by atoms with Crippen LogP contribution in [-0.2, 0) is 6.42 Å². The fourth-order valence-electron chi connectivity index (χ4n) is 0.974. The van der Waals surface area contributed by atoms with Crippen LogP contribution in [0.25, 0.3) is 0 Å². The van der Waals surface area contributed by atoms with Gasteiger partial charge in [-0.05, 0) is 6.54 Å². The van der Waals surface area contributed by atoms with E-state index in [9.17, 15) is 0 Å². The van der Waals surface area contributed by atoms with Gasteiger partial charge in [0.25, 0.3) is 0 Å². The molecule has 1 aromatic rings. The van der Waals surface area contributed by atoms with E-state index in [-0.39, 0.29) is 0 Å². The van der Waals surface area contributed by atoms with Crippen LogP contribution in [0.15, 0.2) is 12.4 Å². The largest absolute Gasteiger partial charge is 0.317 e. The zero-order valence-electron chi connectivity index (χ0n) is 7.62. The molecule has 0 fully saturated rings. The number of rotatable bonds is 4. The van der Waals surface area contributed by atoms with E-state index in [4.69, 9.17) is 5.26 Å². The number of hydrogen-bond donors (Lipinski definition) is 1. The minimum Gasteiger partial charge on any atom is -0.317 e. The van der Waals surface area contributed by atoms with Gasteiger partial charge in [0.05, 0.1) is 11.9 Å². The first-order valence-corrected chi connectivity index (χ1v) is 4.28. The van der Waals surface area contributed by atoms with Gasteiger partial charge in [0.2, 0.25) is 0 Å². The topological polar surface area (TPSA) is 61.6 Å². The molecule has 0 aliphatic carbocycles. The van der Waals surface area contributed by atoms with Crippen molar-refractivity contribution in [3.8, 4) is 6.07 Å². The summed E-state index contributed by atoms with van der Waals surface area (Å²) in [5.41, 5.74) is 1.24. The van der Waals surface area contributed by atoms with E-state index in [1.165, 1.54) is 6.20 Å². The second kappa shape index (κ2) is 5.22. The summed E-state index contributed by atoms with van der Waals surface area (Å²) in [6, 6.07) is 1.96. The maximum Gasteiger partial charge on any atom is 0.159 e. The third-order valence-electron chi connectivity index (χ3n) is 1.61. The van der Waals surface area contributed by atoms with Gasteiger partial charge in [-0.1, -0.05) is 6.92 Å². The molecule has 0 saturated heterocycles. The van der Waals surface area contributed by atoms with Crippen LogP contribution in [-0.4, -0.2) is 23.1 Å². The molecule has 0 spiro atoms. The maximum atomic E-state index is 8.57. The number of hydrogen-bond acceptors (Lipinski definition) is 4. The molecule has 0 bridgehead atoms. The highest BCUT2D eigenvalue weighted by Crippen LogP contribution is 1.95. The Hall–Kier alpha value is -1.47. The van der Waals surface area contributed by atoms with Crippen LogP contribution in [0, 0.1) is 11.3 Å². The van der Waals surface area contributed by atoms with E-state index in [1.807, 2.05) is 6.07 Å². The predicted octanol–water partition coefficient (Wildman–Crippen LogP) is 0.500. The molecule has 0 saturated carbocycles. The predicted molar refractivity (Wildman–Crippen MR) is 49.0 cm³/mol. The van der Waals surface area contributed by atoms with E-state index in [0.717, 1.165) is 25.2 Å². The minimum atomic E-state index is 0.383. The zero-order chi connectivity index (χ0) is 9.52. The number of nitrogens with zero attached hydrogens (tertiary/aromatic N) is 3. The molecular formula is C9H12N4. The first kappa shape index (κ1) is 9.62. The molecule has 13 heavy (non-hydrogen) atoms. The maximum absolute atomic E-state index is 8.57. The molecule has 0 aliphatic heterocycles. The van der Waals surface area contributed by atoms with Gasteiger partial charge in [0, 0.05) is 19.2 Å². The minimum absolute atomic E-state index is 0.383. The lowest BCUT2D eigenvalue weighted by atomic mass is 10.3. The molecule has 4 nitrogen and oxygen atoms in total. The Morgan fingerprint density at radius 3 is 3.08 bits per heavy atom. The van der Waals surface area contributed by atoms with Crippen molar-refractivity contribution in [3.63, 3.8) is 0 Å². The van der Waals surface area contributed by atoms with Crippen molar-refractivity contribution >= 4 is 0 Å². The Morgan fingerprint density at radius 2 is 2.38 bits per heavy atom.